The van der Waals surface area contributed by atoms with Gasteiger partial charge in [0.05, 0.1) is 5.92 Å². The van der Waals surface area contributed by atoms with E-state index in [1.807, 2.05) is 47.2 Å². The van der Waals surface area contributed by atoms with Gasteiger partial charge in [0.2, 0.25) is 11.8 Å². The number of rotatable bonds is 5. The van der Waals surface area contributed by atoms with Gasteiger partial charge in [0.1, 0.15) is 0 Å². The first-order valence-electron chi connectivity index (χ1n) is 8.92. The molecule has 2 aliphatic rings. The third kappa shape index (κ3) is 3.96. The van der Waals surface area contributed by atoms with E-state index >= 15 is 0 Å². The summed E-state index contributed by atoms with van der Waals surface area (Å²) in [5.41, 5.74) is 1.12. The van der Waals surface area contributed by atoms with E-state index < -0.39 is 0 Å². The second-order valence-electron chi connectivity index (χ2n) is 7.01. The molecule has 2 aliphatic heterocycles. The number of nitrogens with one attached hydrogen (secondary N) is 1. The molecule has 1 N–H and O–H groups in total. The van der Waals surface area contributed by atoms with E-state index in [-0.39, 0.29) is 17.7 Å². The Morgan fingerprint density at radius 2 is 2.04 bits per heavy atom. The van der Waals surface area contributed by atoms with E-state index in [1.165, 1.54) is 6.42 Å². The van der Waals surface area contributed by atoms with Gasteiger partial charge in [0, 0.05) is 32.6 Å². The first-order valence-corrected chi connectivity index (χ1v) is 8.92. The first-order chi connectivity index (χ1) is 11.7. The largest absolute Gasteiger partial charge is 0.342 e. The molecule has 0 radical (unpaired) electrons. The molecular weight excluding hydrogens is 302 g/mol. The monoisotopic (exact) mass is 329 g/mol. The molecule has 2 amide bonds. The molecule has 5 heteroatoms. The third-order valence-corrected chi connectivity index (χ3v) is 5.10. The van der Waals surface area contributed by atoms with E-state index in [0.29, 0.717) is 25.4 Å². The Morgan fingerprint density at radius 1 is 1.25 bits per heavy atom. The van der Waals surface area contributed by atoms with Crippen LogP contribution in [0.3, 0.4) is 0 Å². The Hall–Kier alpha value is -1.88. The van der Waals surface area contributed by atoms with Gasteiger partial charge in [-0.25, -0.2) is 0 Å². The molecule has 0 aliphatic carbocycles. The number of amides is 2. The van der Waals surface area contributed by atoms with E-state index in [0.717, 1.165) is 31.6 Å². The van der Waals surface area contributed by atoms with Gasteiger partial charge in [-0.1, -0.05) is 30.3 Å². The molecule has 0 saturated carbocycles. The Morgan fingerprint density at radius 3 is 2.79 bits per heavy atom. The van der Waals surface area contributed by atoms with Gasteiger partial charge in [0.15, 0.2) is 0 Å². The van der Waals surface area contributed by atoms with Crippen LogP contribution in [0.2, 0.25) is 0 Å². The molecule has 2 saturated heterocycles. The fourth-order valence-corrected chi connectivity index (χ4v) is 3.87. The summed E-state index contributed by atoms with van der Waals surface area (Å²) in [6, 6.07) is 9.98. The van der Waals surface area contributed by atoms with Crippen molar-refractivity contribution in [2.75, 3.05) is 33.2 Å². The van der Waals surface area contributed by atoms with Crippen molar-refractivity contribution in [3.8, 4) is 0 Å². The molecule has 0 aromatic heterocycles. The van der Waals surface area contributed by atoms with Gasteiger partial charge in [0.25, 0.3) is 0 Å². The highest BCUT2D eigenvalue weighted by molar-refractivity contribution is 5.89. The highest BCUT2D eigenvalue weighted by atomic mass is 16.2. The topological polar surface area (TPSA) is 52.7 Å². The van der Waals surface area contributed by atoms with Crippen molar-refractivity contribution in [3.05, 3.63) is 35.9 Å². The number of likely N-dealkylation sites (tertiary alicyclic amines) is 2. The summed E-state index contributed by atoms with van der Waals surface area (Å²) in [5.74, 6) is 0.625. The zero-order valence-electron chi connectivity index (χ0n) is 14.4. The Kier molecular flexibility index (Phi) is 5.51. The normalized spacial score (nSPS) is 24.5. The molecule has 24 heavy (non-hydrogen) atoms. The number of carbonyl (C=O) groups excluding carboxylic acids is 2. The summed E-state index contributed by atoms with van der Waals surface area (Å²) in [5, 5.41) is 3.21. The van der Waals surface area contributed by atoms with Crippen molar-refractivity contribution in [1.82, 2.24) is 15.1 Å². The molecule has 1 aromatic carbocycles. The highest BCUT2D eigenvalue weighted by Gasteiger charge is 2.37. The minimum atomic E-state index is -0.172. The summed E-state index contributed by atoms with van der Waals surface area (Å²) in [7, 11) is 1.96. The number of carbonyl (C=O) groups is 2. The van der Waals surface area contributed by atoms with Gasteiger partial charge in [-0.2, -0.15) is 0 Å². The first kappa shape index (κ1) is 17.0. The highest BCUT2D eigenvalue weighted by Crippen LogP contribution is 2.25. The van der Waals surface area contributed by atoms with Crippen LogP contribution >= 0.6 is 0 Å². The number of piperidine rings is 1. The van der Waals surface area contributed by atoms with Crippen LogP contribution in [0.5, 0.6) is 0 Å². The van der Waals surface area contributed by atoms with Crippen LogP contribution in [0, 0.1) is 11.8 Å². The predicted octanol–water partition coefficient (Wildman–Crippen LogP) is 1.49. The van der Waals surface area contributed by atoms with E-state index in [1.54, 1.807) is 0 Å². The van der Waals surface area contributed by atoms with E-state index in [4.69, 9.17) is 0 Å². The lowest BCUT2D eigenvalue weighted by Crippen LogP contribution is -2.45. The summed E-state index contributed by atoms with van der Waals surface area (Å²) >= 11 is 0. The molecule has 2 fully saturated rings. The van der Waals surface area contributed by atoms with Crippen LogP contribution in [-0.2, 0) is 16.1 Å². The van der Waals surface area contributed by atoms with Crippen molar-refractivity contribution in [2.45, 2.75) is 25.8 Å². The van der Waals surface area contributed by atoms with Crippen LogP contribution in [-0.4, -0.2) is 54.8 Å². The Balaban J connectivity index is 1.57. The van der Waals surface area contributed by atoms with Gasteiger partial charge in [-0.15, -0.1) is 0 Å². The minimum Gasteiger partial charge on any atom is -0.342 e. The second kappa shape index (κ2) is 7.79. The lowest BCUT2D eigenvalue weighted by molar-refractivity contribution is -0.137. The lowest BCUT2D eigenvalue weighted by Gasteiger charge is -2.34. The van der Waals surface area contributed by atoms with Gasteiger partial charge >= 0.3 is 0 Å². The average molecular weight is 329 g/mol. The Bertz CT molecular complexity index is 573. The quantitative estimate of drug-likeness (QED) is 0.890. The predicted molar refractivity (Wildman–Crippen MR) is 93.2 cm³/mol. The maximum Gasteiger partial charge on any atom is 0.228 e. The molecule has 0 bridgehead atoms. The van der Waals surface area contributed by atoms with Crippen molar-refractivity contribution in [3.63, 3.8) is 0 Å². The van der Waals surface area contributed by atoms with Crippen LogP contribution in [0.15, 0.2) is 30.3 Å². The van der Waals surface area contributed by atoms with Gasteiger partial charge in [-0.05, 0) is 37.9 Å². The molecule has 130 valence electrons. The maximum atomic E-state index is 12.8. The maximum absolute atomic E-state index is 12.8. The standard InChI is InChI=1S/C19H27N3O2/c1-20-11-16-8-5-9-21(13-16)19(24)17-10-18(23)22(14-17)12-15-6-3-2-4-7-15/h2-4,6-7,16-17,20H,5,8-14H2,1H3. The van der Waals surface area contributed by atoms with Gasteiger partial charge < -0.3 is 15.1 Å². The zero-order chi connectivity index (χ0) is 16.9. The molecule has 3 rings (SSSR count). The lowest BCUT2D eigenvalue weighted by atomic mass is 9.96. The number of benzene rings is 1. The third-order valence-electron chi connectivity index (χ3n) is 5.10. The SMILES string of the molecule is CNCC1CCCN(C(=O)C2CC(=O)N(Cc3ccccc3)C2)C1. The summed E-state index contributed by atoms with van der Waals surface area (Å²) in [4.78, 5) is 28.9. The zero-order valence-corrected chi connectivity index (χ0v) is 14.4. The number of hydrogen-bond donors (Lipinski definition) is 1. The fraction of sp³-hybridized carbons (Fsp3) is 0.579. The molecule has 1 aromatic rings. The molecule has 5 nitrogen and oxygen atoms in total. The summed E-state index contributed by atoms with van der Waals surface area (Å²) in [6.45, 7) is 3.77. The molecule has 2 heterocycles. The smallest absolute Gasteiger partial charge is 0.228 e. The molecule has 2 atom stereocenters. The summed E-state index contributed by atoms with van der Waals surface area (Å²) in [6.07, 6.45) is 2.60. The van der Waals surface area contributed by atoms with E-state index in [9.17, 15) is 9.59 Å². The van der Waals surface area contributed by atoms with E-state index in [2.05, 4.69) is 5.32 Å². The van der Waals surface area contributed by atoms with Crippen molar-refractivity contribution < 1.29 is 9.59 Å². The second-order valence-corrected chi connectivity index (χ2v) is 7.01. The number of nitrogens with zero attached hydrogens (tertiary/aromatic N) is 2. The molecule has 2 unspecified atom stereocenters. The van der Waals surface area contributed by atoms with Crippen LogP contribution < -0.4 is 5.32 Å². The summed E-state index contributed by atoms with van der Waals surface area (Å²) < 4.78 is 0. The van der Waals surface area contributed by atoms with Crippen LogP contribution in [0.4, 0.5) is 0 Å². The van der Waals surface area contributed by atoms with Gasteiger partial charge in [-0.3, -0.25) is 9.59 Å². The van der Waals surface area contributed by atoms with Crippen LogP contribution in [0.1, 0.15) is 24.8 Å². The van der Waals surface area contributed by atoms with Crippen LogP contribution in [0.25, 0.3) is 0 Å². The van der Waals surface area contributed by atoms with Crippen molar-refractivity contribution in [1.29, 1.82) is 0 Å². The van der Waals surface area contributed by atoms with Crippen molar-refractivity contribution in [2.24, 2.45) is 11.8 Å². The molecular formula is C19H27N3O2. The fourth-order valence-electron chi connectivity index (χ4n) is 3.87. The average Bonchev–Trinajstić information content (AvgIpc) is 2.96. The number of hydrogen-bond acceptors (Lipinski definition) is 3. The minimum absolute atomic E-state index is 0.0981. The Labute approximate surface area is 144 Å². The van der Waals surface area contributed by atoms with Crippen molar-refractivity contribution >= 4 is 11.8 Å². The molecule has 0 spiro atoms.